The zero-order valence-electron chi connectivity index (χ0n) is 48.1. The lowest BCUT2D eigenvalue weighted by Crippen LogP contribution is -2.60. The Labute approximate surface area is 456 Å². The summed E-state index contributed by atoms with van der Waals surface area (Å²) >= 11 is 0. The molecule has 7 unspecified atom stereocenters. The Morgan fingerprint density at radius 3 is 1.24 bits per heavy atom. The van der Waals surface area contributed by atoms with Crippen LogP contribution in [0.5, 0.6) is 0 Å². The molecule has 74 heavy (non-hydrogen) atoms. The predicted octanol–water partition coefficient (Wildman–Crippen LogP) is 16.2. The van der Waals surface area contributed by atoms with Crippen LogP contribution in [0.1, 0.15) is 290 Å². The largest absolute Gasteiger partial charge is 0.394 e. The van der Waals surface area contributed by atoms with Crippen LogP contribution in [0.2, 0.25) is 0 Å². The minimum atomic E-state index is -1.56. The quantitative estimate of drug-likeness (QED) is 0.0261. The first-order chi connectivity index (χ1) is 36.3. The van der Waals surface area contributed by atoms with Crippen molar-refractivity contribution in [3.8, 4) is 0 Å². The van der Waals surface area contributed by atoms with Crippen molar-refractivity contribution in [3.63, 3.8) is 0 Å². The number of unbranched alkanes of at least 4 members (excludes halogenated alkanes) is 34. The highest BCUT2D eigenvalue weighted by molar-refractivity contribution is 5.76. The van der Waals surface area contributed by atoms with Gasteiger partial charge in [-0.15, -0.1) is 0 Å². The number of amides is 1. The lowest BCUT2D eigenvalue weighted by atomic mass is 9.99. The van der Waals surface area contributed by atoms with Crippen molar-refractivity contribution < 1.29 is 39.8 Å². The van der Waals surface area contributed by atoms with Crippen molar-refractivity contribution in [2.75, 3.05) is 13.2 Å². The normalized spacial score (nSPS) is 19.4. The van der Waals surface area contributed by atoms with E-state index in [-0.39, 0.29) is 12.5 Å². The summed E-state index contributed by atoms with van der Waals surface area (Å²) in [6.45, 7) is 3.75. The predicted molar refractivity (Wildman–Crippen MR) is 313 cm³/mol. The first-order valence-corrected chi connectivity index (χ1v) is 31.5. The fourth-order valence-electron chi connectivity index (χ4n) is 9.96. The van der Waals surface area contributed by atoms with Gasteiger partial charge in [-0.25, -0.2) is 0 Å². The Morgan fingerprint density at radius 1 is 0.473 bits per heavy atom. The van der Waals surface area contributed by atoms with E-state index in [1.54, 1.807) is 0 Å². The molecule has 0 aromatic rings. The minimum Gasteiger partial charge on any atom is -0.394 e. The van der Waals surface area contributed by atoms with Crippen LogP contribution < -0.4 is 5.32 Å². The number of carbonyl (C=O) groups is 1. The lowest BCUT2D eigenvalue weighted by molar-refractivity contribution is -0.302. The number of allylic oxidation sites excluding steroid dienone is 10. The average Bonchev–Trinajstić information content (AvgIpc) is 3.40. The Morgan fingerprint density at radius 2 is 0.838 bits per heavy atom. The Balaban J connectivity index is 2.18. The minimum absolute atomic E-state index is 0.141. The second-order valence-electron chi connectivity index (χ2n) is 21.8. The van der Waals surface area contributed by atoms with E-state index < -0.39 is 49.5 Å². The van der Waals surface area contributed by atoms with Crippen LogP contribution in [-0.2, 0) is 14.3 Å². The van der Waals surface area contributed by atoms with Crippen LogP contribution in [0.15, 0.2) is 60.8 Å². The van der Waals surface area contributed by atoms with E-state index in [9.17, 15) is 30.3 Å². The molecule has 0 aliphatic carbocycles. The molecule has 1 aliphatic heterocycles. The smallest absolute Gasteiger partial charge is 0.220 e. The maximum absolute atomic E-state index is 13.1. The molecule has 9 nitrogen and oxygen atoms in total. The van der Waals surface area contributed by atoms with Gasteiger partial charge in [0.1, 0.15) is 24.4 Å². The summed E-state index contributed by atoms with van der Waals surface area (Å²) in [5, 5.41) is 54.8. The van der Waals surface area contributed by atoms with Gasteiger partial charge in [0, 0.05) is 6.42 Å². The van der Waals surface area contributed by atoms with Gasteiger partial charge in [-0.2, -0.15) is 0 Å². The van der Waals surface area contributed by atoms with E-state index in [1.807, 2.05) is 0 Å². The molecule has 432 valence electrons. The van der Waals surface area contributed by atoms with Crippen molar-refractivity contribution in [1.82, 2.24) is 5.32 Å². The molecular formula is C65H119NO8. The number of hydrogen-bond acceptors (Lipinski definition) is 8. The number of nitrogens with one attached hydrogen (secondary N) is 1. The van der Waals surface area contributed by atoms with Gasteiger partial charge in [0.05, 0.1) is 25.4 Å². The molecule has 9 heteroatoms. The molecule has 1 saturated heterocycles. The highest BCUT2D eigenvalue weighted by Gasteiger charge is 2.44. The Bertz CT molecular complexity index is 1350. The molecule has 0 aromatic carbocycles. The maximum atomic E-state index is 13.1. The van der Waals surface area contributed by atoms with E-state index in [4.69, 9.17) is 9.47 Å². The van der Waals surface area contributed by atoms with E-state index in [2.05, 4.69) is 79.9 Å². The van der Waals surface area contributed by atoms with E-state index in [1.165, 1.54) is 186 Å². The van der Waals surface area contributed by atoms with Gasteiger partial charge in [-0.05, 0) is 57.8 Å². The number of rotatable bonds is 54. The second-order valence-corrected chi connectivity index (χ2v) is 21.8. The molecule has 0 bridgehead atoms. The van der Waals surface area contributed by atoms with Gasteiger partial charge >= 0.3 is 0 Å². The zero-order chi connectivity index (χ0) is 53.6. The topological polar surface area (TPSA) is 149 Å². The van der Waals surface area contributed by atoms with Crippen LogP contribution in [0, 0.1) is 0 Å². The molecule has 0 spiro atoms. The third kappa shape index (κ3) is 42.9. The molecule has 1 heterocycles. The SMILES string of the molecule is CC/C=C\C/C=C\C/C=C\C/C=C\C/C=C\CCCCCCCCCCCC(=O)NC(COC1OC(CO)C(O)C(O)C1O)C(O)CCCCCCCCCCCCCCCCCCCCCCCCCCCC. The number of hydrogen-bond donors (Lipinski definition) is 6. The molecular weight excluding hydrogens is 923 g/mol. The van der Waals surface area contributed by atoms with Crippen molar-refractivity contribution in [3.05, 3.63) is 60.8 Å². The Kier molecular flexibility index (Phi) is 51.3. The fraction of sp³-hybridized carbons (Fsp3) is 0.831. The maximum Gasteiger partial charge on any atom is 0.220 e. The van der Waals surface area contributed by atoms with E-state index in [0.29, 0.717) is 12.8 Å². The number of aliphatic hydroxyl groups excluding tert-OH is 5. The summed E-state index contributed by atoms with van der Waals surface area (Å²) in [5.41, 5.74) is 0. The molecule has 1 aliphatic rings. The molecule has 6 N–H and O–H groups in total. The fourth-order valence-corrected chi connectivity index (χ4v) is 9.96. The van der Waals surface area contributed by atoms with Crippen LogP contribution in [0.25, 0.3) is 0 Å². The second kappa shape index (κ2) is 54.3. The molecule has 0 saturated carbocycles. The van der Waals surface area contributed by atoms with E-state index in [0.717, 1.165) is 77.0 Å². The summed E-state index contributed by atoms with van der Waals surface area (Å²) in [6.07, 6.45) is 66.8. The van der Waals surface area contributed by atoms with Crippen molar-refractivity contribution in [1.29, 1.82) is 0 Å². The lowest BCUT2D eigenvalue weighted by Gasteiger charge is -2.40. The monoisotopic (exact) mass is 1040 g/mol. The van der Waals surface area contributed by atoms with Crippen molar-refractivity contribution in [2.24, 2.45) is 0 Å². The van der Waals surface area contributed by atoms with Crippen LogP contribution in [0.4, 0.5) is 0 Å². The third-order valence-corrected chi connectivity index (χ3v) is 14.9. The molecule has 7 atom stereocenters. The van der Waals surface area contributed by atoms with Gasteiger partial charge in [0.2, 0.25) is 5.91 Å². The first kappa shape index (κ1) is 69.9. The summed E-state index contributed by atoms with van der Waals surface area (Å²) in [4.78, 5) is 13.1. The third-order valence-electron chi connectivity index (χ3n) is 14.9. The number of ether oxygens (including phenoxy) is 2. The summed E-state index contributed by atoms with van der Waals surface area (Å²) in [6, 6.07) is -0.727. The molecule has 0 aromatic heterocycles. The van der Waals surface area contributed by atoms with Crippen molar-refractivity contribution >= 4 is 5.91 Å². The summed E-state index contributed by atoms with van der Waals surface area (Å²) in [7, 11) is 0. The number of carbonyl (C=O) groups excluding carboxylic acids is 1. The standard InChI is InChI=1S/C65H119NO8/c1-3-5-7-9-11-13-15-17-19-21-23-25-27-29-31-32-34-36-38-40-42-44-46-48-50-52-54-59(68)58(57-73-65-64(72)63(71)62(70)60(56-67)74-65)66-61(69)55-53-51-49-47-45-43-41-39-37-35-33-30-28-26-24-22-20-18-16-14-12-10-8-6-4-2/h6,8,12,14,18,20,24,26,30,33,58-60,62-65,67-68,70-72H,3-5,7,9-11,13,15-17,19,21-23,25,27-29,31-32,34-57H2,1-2H3,(H,66,69)/b8-6-,14-12-,20-18-,26-24-,33-30-. The van der Waals surface area contributed by atoms with Gasteiger partial charge in [0.15, 0.2) is 6.29 Å². The highest BCUT2D eigenvalue weighted by Crippen LogP contribution is 2.23. The zero-order valence-corrected chi connectivity index (χ0v) is 48.1. The molecule has 0 radical (unpaired) electrons. The first-order valence-electron chi connectivity index (χ1n) is 31.5. The van der Waals surface area contributed by atoms with Crippen LogP contribution in [0.3, 0.4) is 0 Å². The van der Waals surface area contributed by atoms with Crippen LogP contribution >= 0.6 is 0 Å². The van der Waals surface area contributed by atoms with Crippen molar-refractivity contribution in [2.45, 2.75) is 333 Å². The summed E-state index contributed by atoms with van der Waals surface area (Å²) < 4.78 is 11.3. The van der Waals surface area contributed by atoms with Crippen LogP contribution in [-0.4, -0.2) is 87.5 Å². The van der Waals surface area contributed by atoms with Gasteiger partial charge < -0.3 is 40.3 Å². The summed E-state index contributed by atoms with van der Waals surface area (Å²) in [5.74, 6) is -0.149. The van der Waals surface area contributed by atoms with E-state index >= 15 is 0 Å². The molecule has 1 fully saturated rings. The Hall–Kier alpha value is -2.11. The highest BCUT2D eigenvalue weighted by atomic mass is 16.7. The molecule has 1 amide bonds. The van der Waals surface area contributed by atoms with Gasteiger partial charge in [0.25, 0.3) is 0 Å². The number of aliphatic hydroxyl groups is 5. The molecule has 1 rings (SSSR count). The average molecular weight is 1040 g/mol. The van der Waals surface area contributed by atoms with Gasteiger partial charge in [-0.1, -0.05) is 286 Å². The van der Waals surface area contributed by atoms with Gasteiger partial charge in [-0.3, -0.25) is 4.79 Å².